The van der Waals surface area contributed by atoms with E-state index in [0.717, 1.165) is 11.1 Å². The number of rotatable bonds is 0. The lowest BCUT2D eigenvalue weighted by Crippen LogP contribution is -2.15. The van der Waals surface area contributed by atoms with E-state index in [1.54, 1.807) is 19.3 Å². The summed E-state index contributed by atoms with van der Waals surface area (Å²) in [5, 5.41) is 0.875. The quantitative estimate of drug-likeness (QED) is 0.618. The van der Waals surface area contributed by atoms with Gasteiger partial charge in [0.25, 0.3) is 5.56 Å². The van der Waals surface area contributed by atoms with Crippen molar-refractivity contribution in [3.05, 3.63) is 65.3 Å². The van der Waals surface area contributed by atoms with Gasteiger partial charge in [-0.05, 0) is 18.2 Å². The number of para-hydroxylation sites is 1. The maximum Gasteiger partial charge on any atom is 0.251 e. The fraction of sp³-hybridized carbons (Fsp3) is 0.0714. The van der Waals surface area contributed by atoms with Crippen LogP contribution in [0.5, 0.6) is 0 Å². The topological polar surface area (TPSA) is 73.8 Å². The second kappa shape index (κ2) is 5.77. The van der Waals surface area contributed by atoms with Gasteiger partial charge in [0.2, 0.25) is 0 Å². The van der Waals surface area contributed by atoms with Crippen LogP contribution >= 0.6 is 0 Å². The van der Waals surface area contributed by atoms with Gasteiger partial charge in [-0.15, -0.1) is 0 Å². The van der Waals surface area contributed by atoms with Crippen molar-refractivity contribution >= 4 is 16.7 Å². The second-order valence-corrected chi connectivity index (χ2v) is 3.94. The largest absolute Gasteiger partial charge is 0.399 e. The summed E-state index contributed by atoms with van der Waals surface area (Å²) in [5.74, 6) is 0. The lowest BCUT2D eigenvalue weighted by atomic mass is 10.3. The van der Waals surface area contributed by atoms with Crippen molar-refractivity contribution < 1.29 is 0 Å². The van der Waals surface area contributed by atoms with Crippen molar-refractivity contribution in [2.75, 3.05) is 5.73 Å². The first-order valence-corrected chi connectivity index (χ1v) is 5.75. The van der Waals surface area contributed by atoms with Crippen LogP contribution < -0.4 is 11.3 Å². The molecule has 3 aromatic rings. The molecular formula is C14H14N4O. The molecule has 0 aliphatic heterocycles. The van der Waals surface area contributed by atoms with E-state index in [4.69, 9.17) is 5.73 Å². The van der Waals surface area contributed by atoms with Crippen LogP contribution in [0.25, 0.3) is 11.0 Å². The van der Waals surface area contributed by atoms with E-state index in [2.05, 4.69) is 9.97 Å². The summed E-state index contributed by atoms with van der Waals surface area (Å²) in [4.78, 5) is 19.0. The predicted octanol–water partition coefficient (Wildman–Crippen LogP) is 1.60. The molecule has 0 spiro atoms. The molecule has 2 heterocycles. The highest BCUT2D eigenvalue weighted by Gasteiger charge is 1.97. The summed E-state index contributed by atoms with van der Waals surface area (Å²) in [6.45, 7) is 0. The summed E-state index contributed by atoms with van der Waals surface area (Å²) < 4.78 is 1.50. The van der Waals surface area contributed by atoms with Crippen molar-refractivity contribution in [1.82, 2.24) is 14.5 Å². The monoisotopic (exact) mass is 254 g/mol. The Morgan fingerprint density at radius 2 is 1.84 bits per heavy atom. The number of aromatic nitrogens is 3. The Morgan fingerprint density at radius 1 is 1.11 bits per heavy atom. The summed E-state index contributed by atoms with van der Waals surface area (Å²) >= 11 is 0. The first kappa shape index (κ1) is 12.8. The van der Waals surface area contributed by atoms with Crippen LogP contribution in [-0.4, -0.2) is 14.5 Å². The van der Waals surface area contributed by atoms with Gasteiger partial charge in [-0.3, -0.25) is 9.36 Å². The average molecular weight is 254 g/mol. The zero-order valence-electron chi connectivity index (χ0n) is 10.5. The van der Waals surface area contributed by atoms with Crippen LogP contribution in [0.15, 0.2) is 59.8 Å². The Morgan fingerprint density at radius 3 is 2.47 bits per heavy atom. The van der Waals surface area contributed by atoms with Crippen molar-refractivity contribution in [1.29, 1.82) is 0 Å². The molecule has 0 radical (unpaired) electrons. The molecule has 19 heavy (non-hydrogen) atoms. The Kier molecular flexibility index (Phi) is 3.87. The van der Waals surface area contributed by atoms with Crippen LogP contribution in [0.3, 0.4) is 0 Å². The number of benzene rings is 1. The second-order valence-electron chi connectivity index (χ2n) is 3.94. The van der Waals surface area contributed by atoms with Gasteiger partial charge in [0, 0.05) is 30.4 Å². The normalized spacial score (nSPS) is 9.74. The summed E-state index contributed by atoms with van der Waals surface area (Å²) in [5.41, 5.74) is 6.79. The third kappa shape index (κ3) is 3.16. The van der Waals surface area contributed by atoms with Crippen LogP contribution in [0, 0.1) is 0 Å². The molecular weight excluding hydrogens is 240 g/mol. The van der Waals surface area contributed by atoms with Gasteiger partial charge in [-0.2, -0.15) is 0 Å². The number of aryl methyl sites for hydroxylation is 1. The molecule has 2 aromatic heterocycles. The molecule has 3 rings (SSSR count). The minimum atomic E-state index is -0.0544. The van der Waals surface area contributed by atoms with E-state index in [-0.39, 0.29) is 5.56 Å². The molecule has 0 saturated heterocycles. The van der Waals surface area contributed by atoms with E-state index in [9.17, 15) is 4.79 Å². The van der Waals surface area contributed by atoms with E-state index in [1.807, 2.05) is 30.3 Å². The molecule has 0 saturated carbocycles. The van der Waals surface area contributed by atoms with Crippen LogP contribution in [-0.2, 0) is 7.05 Å². The highest BCUT2D eigenvalue weighted by Crippen LogP contribution is 2.03. The molecule has 0 unspecified atom stereocenters. The van der Waals surface area contributed by atoms with E-state index in [0.29, 0.717) is 5.65 Å². The first-order valence-electron chi connectivity index (χ1n) is 5.75. The number of nitrogens with zero attached hydrogens (tertiary/aromatic N) is 3. The number of hydrogen-bond acceptors (Lipinski definition) is 4. The molecule has 0 aliphatic rings. The molecule has 0 aliphatic carbocycles. The number of hydrogen-bond donors (Lipinski definition) is 1. The molecule has 0 amide bonds. The Hall–Kier alpha value is -2.69. The molecule has 96 valence electrons. The highest BCUT2D eigenvalue weighted by molar-refractivity contribution is 5.73. The van der Waals surface area contributed by atoms with Crippen molar-refractivity contribution in [3.63, 3.8) is 0 Å². The van der Waals surface area contributed by atoms with Crippen LogP contribution in [0.2, 0.25) is 0 Å². The fourth-order valence-corrected chi connectivity index (χ4v) is 1.56. The number of anilines is 1. The number of pyridine rings is 1. The van der Waals surface area contributed by atoms with E-state index < -0.39 is 0 Å². The summed E-state index contributed by atoms with van der Waals surface area (Å²) in [6, 6.07) is 12.7. The lowest BCUT2D eigenvalue weighted by molar-refractivity contribution is 0.883. The van der Waals surface area contributed by atoms with Gasteiger partial charge in [0.15, 0.2) is 0 Å². The highest BCUT2D eigenvalue weighted by atomic mass is 16.1. The standard InChI is InChI=1S/C8H7N3O.C6H7N/c1-11-7(12)3-2-6-4-9-5-10-8(6)11;7-6-4-2-1-3-5-6/h2-5H,1H3;1-5H,7H2. The van der Waals surface area contributed by atoms with Crippen LogP contribution in [0.1, 0.15) is 0 Å². The number of nitrogens with two attached hydrogens (primary N) is 1. The lowest BCUT2D eigenvalue weighted by Gasteiger charge is -2.00. The molecule has 0 atom stereocenters. The Labute approximate surface area is 110 Å². The predicted molar refractivity (Wildman–Crippen MR) is 75.6 cm³/mol. The first-order chi connectivity index (χ1) is 9.18. The van der Waals surface area contributed by atoms with Crippen molar-refractivity contribution in [3.8, 4) is 0 Å². The molecule has 5 nitrogen and oxygen atoms in total. The van der Waals surface area contributed by atoms with Gasteiger partial charge in [-0.1, -0.05) is 18.2 Å². The Bertz CT molecular complexity index is 722. The SMILES string of the molecule is Cn1c(=O)ccc2cncnc21.Nc1ccccc1. The smallest absolute Gasteiger partial charge is 0.251 e. The van der Waals surface area contributed by atoms with Gasteiger partial charge >= 0.3 is 0 Å². The summed E-state index contributed by atoms with van der Waals surface area (Å²) in [7, 11) is 1.69. The molecule has 5 heteroatoms. The fourth-order valence-electron chi connectivity index (χ4n) is 1.56. The number of fused-ring (bicyclic) bond motifs is 1. The Balaban J connectivity index is 0.000000163. The minimum Gasteiger partial charge on any atom is -0.399 e. The zero-order chi connectivity index (χ0) is 13.7. The van der Waals surface area contributed by atoms with Gasteiger partial charge in [0.1, 0.15) is 12.0 Å². The van der Waals surface area contributed by atoms with Gasteiger partial charge in [-0.25, -0.2) is 9.97 Å². The third-order valence-electron chi connectivity index (χ3n) is 2.57. The van der Waals surface area contributed by atoms with Gasteiger partial charge in [0.05, 0.1) is 0 Å². The van der Waals surface area contributed by atoms with Gasteiger partial charge < -0.3 is 5.73 Å². The minimum absolute atomic E-state index is 0.0544. The number of nitrogen functional groups attached to an aromatic ring is 1. The van der Waals surface area contributed by atoms with E-state index in [1.165, 1.54) is 17.0 Å². The maximum absolute atomic E-state index is 11.1. The maximum atomic E-state index is 11.1. The molecule has 0 bridgehead atoms. The summed E-state index contributed by atoms with van der Waals surface area (Å²) in [6.07, 6.45) is 3.11. The molecule has 0 fully saturated rings. The third-order valence-corrected chi connectivity index (χ3v) is 2.57. The van der Waals surface area contributed by atoms with Crippen LogP contribution in [0.4, 0.5) is 5.69 Å². The molecule has 1 aromatic carbocycles. The van der Waals surface area contributed by atoms with Crippen molar-refractivity contribution in [2.24, 2.45) is 7.05 Å². The van der Waals surface area contributed by atoms with Crippen molar-refractivity contribution in [2.45, 2.75) is 0 Å². The molecule has 2 N–H and O–H groups in total. The van der Waals surface area contributed by atoms with E-state index >= 15 is 0 Å². The zero-order valence-corrected chi connectivity index (χ0v) is 10.5. The average Bonchev–Trinajstić information content (AvgIpc) is 2.45.